The van der Waals surface area contributed by atoms with Gasteiger partial charge in [-0.15, -0.1) is 0 Å². The van der Waals surface area contributed by atoms with E-state index in [0.717, 1.165) is 30.3 Å². The van der Waals surface area contributed by atoms with Crippen molar-refractivity contribution < 1.29 is 113 Å². The number of fused-ring (bicyclic) bond motifs is 1. The third kappa shape index (κ3) is 9.18. The van der Waals surface area contributed by atoms with Crippen molar-refractivity contribution in [2.45, 2.75) is 74.3 Å². The number of phenolic OH excluding ortho intramolecular Hbond substituents is 4. The number of aliphatic hydroxyl groups excluding tert-OH is 6. The lowest BCUT2D eigenvalue weighted by molar-refractivity contribution is -0.278. The molecule has 23 heteroatoms. The van der Waals surface area contributed by atoms with Crippen LogP contribution in [0.1, 0.15) is 12.8 Å². The Morgan fingerprint density at radius 3 is 1.54 bits per heavy atom. The SMILES string of the molecule is O=C(O)CC(=O)OC[C@H]1O[C@@H](Oc2cc3c(O[C@@H]4O[C@H](COC(=O)CC(=O)O)[C@@H](O)[C@H](O)[C@H]4O)cc(O)cc3[o+]c2-c2cc(O)c(O)c(O)c2)[C@H](O)[C@@H](O)[C@@H]1O. The number of benzene rings is 2. The van der Waals surface area contributed by atoms with Crippen molar-refractivity contribution in [3.05, 3.63) is 30.3 Å². The molecule has 3 aromatic rings. The number of aromatic hydroxyl groups is 4. The average molecular weight is 800 g/mol. The van der Waals surface area contributed by atoms with E-state index in [-0.39, 0.29) is 16.5 Å². The van der Waals surface area contributed by atoms with Crippen molar-refractivity contribution in [3.8, 4) is 45.8 Å². The minimum absolute atomic E-state index is 0.167. The van der Waals surface area contributed by atoms with Gasteiger partial charge in [-0.05, 0) is 0 Å². The lowest BCUT2D eigenvalue weighted by atomic mass is 9.99. The van der Waals surface area contributed by atoms with Gasteiger partial charge in [-0.25, -0.2) is 4.42 Å². The number of hydrogen-bond donors (Lipinski definition) is 12. The first-order valence-corrected chi connectivity index (χ1v) is 16.2. The monoisotopic (exact) mass is 799 g/mol. The molecule has 3 heterocycles. The Kier molecular flexibility index (Phi) is 12.5. The summed E-state index contributed by atoms with van der Waals surface area (Å²) in [5.41, 5.74) is -0.503. The van der Waals surface area contributed by atoms with Crippen LogP contribution in [0, 0.1) is 0 Å². The smallest absolute Gasteiger partial charge is 0.402 e. The first-order chi connectivity index (χ1) is 26.3. The summed E-state index contributed by atoms with van der Waals surface area (Å²) < 4.78 is 38.2. The Morgan fingerprint density at radius 1 is 0.607 bits per heavy atom. The molecule has 0 aliphatic carbocycles. The van der Waals surface area contributed by atoms with E-state index < -0.39 is 152 Å². The third-order valence-corrected chi connectivity index (χ3v) is 8.36. The minimum Gasteiger partial charge on any atom is -0.507 e. The Balaban J connectivity index is 1.53. The molecule has 0 spiro atoms. The van der Waals surface area contributed by atoms with Crippen LogP contribution in [0.4, 0.5) is 0 Å². The standard InChI is InChI=1S/C33H34O23/c34-11-3-15-12(16(4-11)53-32-29(48)27(46)25(44)18(55-32)8-50-22(41)6-20(37)38)5-17(31(52-15)10-1-13(35)24(43)14(36)2-10)54-33-30(49)28(47)26(45)19(56-33)9-51-23(42)7-21(39)40/h1-5,18-19,25-30,32-33,44-49H,6-9H2,(H5-,34,35,36,37,38,39,40,43)/p+1/t18-,19-,25-,26-,27+,28+,29-,30-,32-,33-/m1/s1. The number of aliphatic carboxylic acids is 2. The highest BCUT2D eigenvalue weighted by Crippen LogP contribution is 2.45. The third-order valence-electron chi connectivity index (χ3n) is 8.36. The van der Waals surface area contributed by atoms with Crippen LogP contribution in [0.5, 0.6) is 34.5 Å². The van der Waals surface area contributed by atoms with Gasteiger partial charge in [0.15, 0.2) is 17.2 Å². The molecule has 2 aliphatic rings. The summed E-state index contributed by atoms with van der Waals surface area (Å²) in [6, 6.07) is 4.88. The molecular weight excluding hydrogens is 764 g/mol. The number of carboxylic acids is 2. The lowest BCUT2D eigenvalue weighted by Gasteiger charge is -2.40. The predicted octanol–water partition coefficient (Wildman–Crippen LogP) is -2.39. The quantitative estimate of drug-likeness (QED) is 0.0371. The Bertz CT molecular complexity index is 1940. The van der Waals surface area contributed by atoms with Gasteiger partial charge in [-0.3, -0.25) is 19.2 Å². The molecule has 5 rings (SSSR count). The molecule has 2 aliphatic heterocycles. The number of esters is 2. The van der Waals surface area contributed by atoms with Crippen LogP contribution in [0.2, 0.25) is 0 Å². The Labute approximate surface area is 311 Å². The van der Waals surface area contributed by atoms with Gasteiger partial charge in [-0.1, -0.05) is 0 Å². The molecule has 12 N–H and O–H groups in total. The van der Waals surface area contributed by atoms with E-state index in [4.69, 9.17) is 43.1 Å². The molecule has 1 aromatic heterocycles. The maximum absolute atomic E-state index is 11.8. The van der Waals surface area contributed by atoms with E-state index in [1.165, 1.54) is 0 Å². The molecule has 304 valence electrons. The fourth-order valence-corrected chi connectivity index (χ4v) is 5.54. The van der Waals surface area contributed by atoms with Gasteiger partial charge in [-0.2, -0.15) is 0 Å². The highest BCUT2D eigenvalue weighted by atomic mass is 16.7. The maximum atomic E-state index is 11.8. The van der Waals surface area contributed by atoms with Crippen molar-refractivity contribution in [1.82, 2.24) is 0 Å². The van der Waals surface area contributed by atoms with Gasteiger partial charge in [0.1, 0.15) is 91.8 Å². The first kappa shape index (κ1) is 41.4. The number of ether oxygens (including phenoxy) is 6. The van der Waals surface area contributed by atoms with Crippen LogP contribution in [0.3, 0.4) is 0 Å². The zero-order valence-electron chi connectivity index (χ0n) is 28.3. The normalized spacial score (nSPS) is 27.6. The van der Waals surface area contributed by atoms with Gasteiger partial charge in [0, 0.05) is 24.3 Å². The molecule has 10 atom stereocenters. The Hall–Kier alpha value is -5.79. The fraction of sp³-hybridized carbons (Fsp3) is 0.424. The van der Waals surface area contributed by atoms with Gasteiger partial charge < -0.3 is 89.7 Å². The van der Waals surface area contributed by atoms with Crippen LogP contribution in [0.25, 0.3) is 22.3 Å². The van der Waals surface area contributed by atoms with E-state index in [0.29, 0.717) is 0 Å². The second kappa shape index (κ2) is 16.9. The lowest BCUT2D eigenvalue weighted by Crippen LogP contribution is -2.60. The van der Waals surface area contributed by atoms with E-state index in [1.54, 1.807) is 0 Å². The van der Waals surface area contributed by atoms with E-state index >= 15 is 0 Å². The zero-order valence-corrected chi connectivity index (χ0v) is 28.3. The van der Waals surface area contributed by atoms with E-state index in [1.807, 2.05) is 0 Å². The number of hydrogen-bond acceptors (Lipinski definition) is 20. The number of aliphatic hydroxyl groups is 6. The van der Waals surface area contributed by atoms with Crippen molar-refractivity contribution in [2.24, 2.45) is 0 Å². The summed E-state index contributed by atoms with van der Waals surface area (Å²) in [7, 11) is 0. The molecule has 0 radical (unpaired) electrons. The van der Waals surface area contributed by atoms with Crippen molar-refractivity contribution in [1.29, 1.82) is 0 Å². The number of phenols is 4. The van der Waals surface area contributed by atoms with E-state index in [9.17, 15) is 70.2 Å². The average Bonchev–Trinajstić information content (AvgIpc) is 3.12. The molecule has 0 bridgehead atoms. The van der Waals surface area contributed by atoms with Gasteiger partial charge >= 0.3 is 35.2 Å². The molecule has 2 saturated heterocycles. The summed E-state index contributed by atoms with van der Waals surface area (Å²) in [4.78, 5) is 45.2. The Morgan fingerprint density at radius 2 is 1.07 bits per heavy atom. The van der Waals surface area contributed by atoms with Crippen molar-refractivity contribution in [2.75, 3.05) is 13.2 Å². The van der Waals surface area contributed by atoms with Gasteiger partial charge in [0.2, 0.25) is 18.3 Å². The maximum Gasteiger partial charge on any atom is 0.402 e. The molecule has 56 heavy (non-hydrogen) atoms. The summed E-state index contributed by atoms with van der Waals surface area (Å²) >= 11 is 0. The second-order valence-corrected chi connectivity index (χ2v) is 12.4. The number of carbonyl (C=O) groups is 4. The highest BCUT2D eigenvalue weighted by molar-refractivity contribution is 5.91. The molecule has 2 fully saturated rings. The zero-order chi connectivity index (χ0) is 41.2. The predicted molar refractivity (Wildman–Crippen MR) is 174 cm³/mol. The second-order valence-electron chi connectivity index (χ2n) is 12.4. The first-order valence-electron chi connectivity index (χ1n) is 16.2. The molecule has 0 amide bonds. The summed E-state index contributed by atoms with van der Waals surface area (Å²) in [6.45, 7) is -1.63. The van der Waals surface area contributed by atoms with Gasteiger partial charge in [0.05, 0.1) is 11.6 Å². The molecule has 0 saturated carbocycles. The van der Waals surface area contributed by atoms with Crippen LogP contribution in [-0.4, -0.2) is 160 Å². The number of carboxylic acid groups (broad SMARTS) is 2. The largest absolute Gasteiger partial charge is 0.507 e. The summed E-state index contributed by atoms with van der Waals surface area (Å²) in [5.74, 6) is -10.0. The molecule has 2 aromatic carbocycles. The highest BCUT2D eigenvalue weighted by Gasteiger charge is 2.48. The van der Waals surface area contributed by atoms with Gasteiger partial charge in [0.25, 0.3) is 0 Å². The molecular formula is C33H35O23+. The molecule has 23 nitrogen and oxygen atoms in total. The van der Waals surface area contributed by atoms with Crippen molar-refractivity contribution >= 4 is 34.8 Å². The van der Waals surface area contributed by atoms with Crippen LogP contribution in [0.15, 0.2) is 34.7 Å². The van der Waals surface area contributed by atoms with Crippen molar-refractivity contribution in [3.63, 3.8) is 0 Å². The summed E-state index contributed by atoms with van der Waals surface area (Å²) in [5, 5.41) is 122. The topological polar surface area (TPSA) is 378 Å². The number of rotatable bonds is 13. The summed E-state index contributed by atoms with van der Waals surface area (Å²) in [6.07, 6.45) is -21.0. The minimum atomic E-state index is -2.06. The van der Waals surface area contributed by atoms with Crippen LogP contribution < -0.4 is 9.47 Å². The molecule has 0 unspecified atom stereocenters. The van der Waals surface area contributed by atoms with Crippen LogP contribution >= 0.6 is 0 Å². The van der Waals surface area contributed by atoms with Crippen LogP contribution in [-0.2, 0) is 38.1 Å². The van der Waals surface area contributed by atoms with E-state index in [2.05, 4.69) is 0 Å². The number of carbonyl (C=O) groups excluding carboxylic acids is 2. The fourth-order valence-electron chi connectivity index (χ4n) is 5.54.